The normalized spacial score (nSPS) is 20.3. The molecular formula is C18H33IN4O3. The smallest absolute Gasteiger partial charge is 0.308 e. The van der Waals surface area contributed by atoms with Crippen molar-refractivity contribution in [1.82, 2.24) is 15.1 Å². The highest BCUT2D eigenvalue weighted by molar-refractivity contribution is 14.0. The van der Waals surface area contributed by atoms with Crippen molar-refractivity contribution in [2.45, 2.75) is 38.5 Å². The van der Waals surface area contributed by atoms with Crippen LogP contribution in [-0.4, -0.2) is 75.5 Å². The van der Waals surface area contributed by atoms with Crippen molar-refractivity contribution in [2.75, 3.05) is 47.9 Å². The van der Waals surface area contributed by atoms with Crippen LogP contribution in [0.4, 0.5) is 0 Å². The molecule has 0 bridgehead atoms. The van der Waals surface area contributed by atoms with E-state index in [2.05, 4.69) is 15.2 Å². The van der Waals surface area contributed by atoms with E-state index in [1.54, 1.807) is 11.9 Å². The van der Waals surface area contributed by atoms with Gasteiger partial charge in [-0.25, -0.2) is 0 Å². The quantitative estimate of drug-likeness (QED) is 0.287. The molecule has 0 unspecified atom stereocenters. The highest BCUT2D eigenvalue weighted by Gasteiger charge is 2.42. The Balaban J connectivity index is 0.00000338. The summed E-state index contributed by atoms with van der Waals surface area (Å²) in [5.74, 6) is 0.887. The number of rotatable bonds is 4. The van der Waals surface area contributed by atoms with Gasteiger partial charge in [-0.2, -0.15) is 0 Å². The number of carbonyl (C=O) groups excluding carboxylic acids is 2. The zero-order valence-electron chi connectivity index (χ0n) is 16.4. The number of nitrogens with zero attached hydrogens (tertiary/aromatic N) is 3. The summed E-state index contributed by atoms with van der Waals surface area (Å²) in [4.78, 5) is 32.6. The van der Waals surface area contributed by atoms with Crippen molar-refractivity contribution >= 4 is 41.8 Å². The van der Waals surface area contributed by atoms with E-state index in [1.165, 1.54) is 7.11 Å². The molecule has 1 heterocycles. The van der Waals surface area contributed by atoms with Crippen LogP contribution in [0.2, 0.25) is 0 Å². The topological polar surface area (TPSA) is 74.2 Å². The van der Waals surface area contributed by atoms with E-state index in [9.17, 15) is 9.59 Å². The molecule has 0 aromatic heterocycles. The van der Waals surface area contributed by atoms with Crippen LogP contribution >= 0.6 is 24.0 Å². The molecule has 2 aliphatic rings. The Labute approximate surface area is 173 Å². The molecule has 0 atom stereocenters. The maximum Gasteiger partial charge on any atom is 0.308 e. The number of likely N-dealkylation sites (tertiary alicyclic amines) is 1. The number of ether oxygens (including phenoxy) is 1. The minimum Gasteiger partial charge on any atom is -0.469 e. The molecule has 7 nitrogen and oxygen atoms in total. The fraction of sp³-hybridized carbons (Fsp3) is 0.833. The molecule has 8 heteroatoms. The Hall–Kier alpha value is -1.06. The molecule has 0 spiro atoms. The van der Waals surface area contributed by atoms with E-state index in [4.69, 9.17) is 4.74 Å². The largest absolute Gasteiger partial charge is 0.469 e. The van der Waals surface area contributed by atoms with Crippen LogP contribution in [0.15, 0.2) is 4.99 Å². The second-order valence-corrected chi connectivity index (χ2v) is 7.37. The summed E-state index contributed by atoms with van der Waals surface area (Å²) in [6, 6.07) is 0. The monoisotopic (exact) mass is 480 g/mol. The van der Waals surface area contributed by atoms with Crippen molar-refractivity contribution in [2.24, 2.45) is 16.3 Å². The maximum absolute atomic E-state index is 12.7. The zero-order valence-corrected chi connectivity index (χ0v) is 18.7. The van der Waals surface area contributed by atoms with Gasteiger partial charge in [0.1, 0.15) is 0 Å². The van der Waals surface area contributed by atoms with Gasteiger partial charge in [-0.1, -0.05) is 12.8 Å². The van der Waals surface area contributed by atoms with Crippen LogP contribution < -0.4 is 5.32 Å². The van der Waals surface area contributed by atoms with Crippen molar-refractivity contribution < 1.29 is 14.3 Å². The number of methoxy groups -OCH3 is 1. The highest BCUT2D eigenvalue weighted by atomic mass is 127. The van der Waals surface area contributed by atoms with Crippen molar-refractivity contribution in [3.8, 4) is 0 Å². The van der Waals surface area contributed by atoms with Gasteiger partial charge in [-0.3, -0.25) is 14.6 Å². The molecule has 0 radical (unpaired) electrons. The van der Waals surface area contributed by atoms with E-state index in [1.807, 2.05) is 14.1 Å². The summed E-state index contributed by atoms with van der Waals surface area (Å²) in [5, 5.41) is 3.43. The first-order chi connectivity index (χ1) is 11.9. The predicted octanol–water partition coefficient (Wildman–Crippen LogP) is 1.71. The number of halogens is 1. The van der Waals surface area contributed by atoms with Gasteiger partial charge < -0.3 is 19.9 Å². The lowest BCUT2D eigenvalue weighted by Crippen LogP contribution is -2.52. The average molecular weight is 480 g/mol. The van der Waals surface area contributed by atoms with E-state index >= 15 is 0 Å². The maximum atomic E-state index is 12.7. The first-order valence-electron chi connectivity index (χ1n) is 9.18. The number of aliphatic imine (C=N–C) groups is 1. The highest BCUT2D eigenvalue weighted by Crippen LogP contribution is 2.39. The number of piperidine rings is 1. The number of amides is 1. The Bertz CT molecular complexity index is 511. The Morgan fingerprint density at radius 3 is 2.27 bits per heavy atom. The van der Waals surface area contributed by atoms with Gasteiger partial charge in [0.25, 0.3) is 0 Å². The van der Waals surface area contributed by atoms with Gasteiger partial charge >= 0.3 is 5.97 Å². The summed E-state index contributed by atoms with van der Waals surface area (Å²) >= 11 is 0. The predicted molar refractivity (Wildman–Crippen MR) is 113 cm³/mol. The molecule has 1 N–H and O–H groups in total. The number of esters is 1. The van der Waals surface area contributed by atoms with Gasteiger partial charge in [-0.05, 0) is 25.7 Å². The summed E-state index contributed by atoms with van der Waals surface area (Å²) in [7, 11) is 6.87. The van der Waals surface area contributed by atoms with Crippen LogP contribution in [-0.2, 0) is 14.3 Å². The van der Waals surface area contributed by atoms with Gasteiger partial charge in [0.15, 0.2) is 5.96 Å². The lowest BCUT2D eigenvalue weighted by atomic mass is 9.84. The van der Waals surface area contributed by atoms with Crippen LogP contribution in [0.3, 0.4) is 0 Å². The molecular weight excluding hydrogens is 447 g/mol. The summed E-state index contributed by atoms with van der Waals surface area (Å²) < 4.78 is 4.84. The minimum absolute atomic E-state index is 0. The molecule has 2 rings (SSSR count). The third-order valence-electron chi connectivity index (χ3n) is 5.55. The third kappa shape index (κ3) is 5.23. The van der Waals surface area contributed by atoms with Gasteiger partial charge in [-0.15, -0.1) is 24.0 Å². The molecule has 150 valence electrons. The van der Waals surface area contributed by atoms with Crippen LogP contribution in [0.5, 0.6) is 0 Å². The summed E-state index contributed by atoms with van der Waals surface area (Å²) in [6.07, 6.45) is 5.61. The molecule has 26 heavy (non-hydrogen) atoms. The van der Waals surface area contributed by atoms with Crippen LogP contribution in [0, 0.1) is 11.3 Å². The average Bonchev–Trinajstić information content (AvgIpc) is 3.11. The molecule has 1 aliphatic carbocycles. The van der Waals surface area contributed by atoms with Crippen LogP contribution in [0.1, 0.15) is 38.5 Å². The molecule has 2 fully saturated rings. The van der Waals surface area contributed by atoms with Crippen molar-refractivity contribution in [1.29, 1.82) is 0 Å². The number of hydrogen-bond donors (Lipinski definition) is 1. The van der Waals surface area contributed by atoms with Crippen molar-refractivity contribution in [3.05, 3.63) is 0 Å². The van der Waals surface area contributed by atoms with Crippen LogP contribution in [0.25, 0.3) is 0 Å². The van der Waals surface area contributed by atoms with Gasteiger partial charge in [0.05, 0.1) is 18.4 Å². The first kappa shape index (κ1) is 23.0. The standard InChI is InChI=1S/C18H32N4O3.HI/c1-19-17(22-11-7-14(8-12-22)15(23)25-4)20-13-18(9-5-6-10-18)16(24)21(2)3;/h14H,5-13H2,1-4H3,(H,19,20);1H. The second kappa shape index (κ2) is 10.3. The fourth-order valence-electron chi connectivity index (χ4n) is 4.07. The summed E-state index contributed by atoms with van der Waals surface area (Å²) in [5.41, 5.74) is -0.316. The first-order valence-corrected chi connectivity index (χ1v) is 9.18. The number of hydrogen-bond acceptors (Lipinski definition) is 4. The van der Waals surface area contributed by atoms with E-state index in [-0.39, 0.29) is 47.2 Å². The number of carbonyl (C=O) groups is 2. The van der Waals surface area contributed by atoms with Gasteiger partial charge in [0, 0.05) is 40.8 Å². The zero-order chi connectivity index (χ0) is 18.4. The summed E-state index contributed by atoms with van der Waals surface area (Å²) in [6.45, 7) is 2.16. The molecule has 1 amide bonds. The number of nitrogens with one attached hydrogen (secondary N) is 1. The van der Waals surface area contributed by atoms with E-state index in [0.29, 0.717) is 6.54 Å². The minimum atomic E-state index is -0.316. The Kier molecular flexibility index (Phi) is 9.12. The molecule has 1 saturated carbocycles. The Morgan fingerprint density at radius 1 is 1.23 bits per heavy atom. The Morgan fingerprint density at radius 2 is 1.81 bits per heavy atom. The molecule has 0 aromatic rings. The molecule has 1 saturated heterocycles. The SMILES string of the molecule is CN=C(NCC1(C(=O)N(C)C)CCCC1)N1CCC(C(=O)OC)CC1.I. The molecule has 0 aromatic carbocycles. The molecule has 1 aliphatic heterocycles. The lowest BCUT2D eigenvalue weighted by molar-refractivity contribution is -0.146. The van der Waals surface area contributed by atoms with E-state index in [0.717, 1.165) is 57.6 Å². The van der Waals surface area contributed by atoms with Gasteiger partial charge in [0.2, 0.25) is 5.91 Å². The lowest BCUT2D eigenvalue weighted by Gasteiger charge is -2.36. The second-order valence-electron chi connectivity index (χ2n) is 7.37. The third-order valence-corrected chi connectivity index (χ3v) is 5.55. The number of guanidine groups is 1. The van der Waals surface area contributed by atoms with E-state index < -0.39 is 0 Å². The fourth-order valence-corrected chi connectivity index (χ4v) is 4.07. The van der Waals surface area contributed by atoms with Crippen molar-refractivity contribution in [3.63, 3.8) is 0 Å².